The predicted molar refractivity (Wildman–Crippen MR) is 76.2 cm³/mol. The number of hydroxylamine groups is 1. The van der Waals surface area contributed by atoms with Gasteiger partial charge in [-0.05, 0) is 30.3 Å². The maximum absolute atomic E-state index is 11.8. The fourth-order valence-corrected chi connectivity index (χ4v) is 1.73. The average molecular weight is 297 g/mol. The summed E-state index contributed by atoms with van der Waals surface area (Å²) in [5, 5.41) is 13.5. The minimum absolute atomic E-state index is 0.323. The highest BCUT2D eigenvalue weighted by Crippen LogP contribution is 2.25. The largest absolute Gasteiger partial charge is 0.350 e. The van der Waals surface area contributed by atoms with E-state index in [1.54, 1.807) is 42.5 Å². The molecule has 0 heterocycles. The lowest BCUT2D eigenvalue weighted by Crippen LogP contribution is -2.31. The second kappa shape index (κ2) is 5.93. The van der Waals surface area contributed by atoms with E-state index in [1.165, 1.54) is 6.07 Å². The molecular formula is C13H10Cl2N2O2. The number of carbonyl (C=O) groups excluding carboxylic acids is 1. The van der Waals surface area contributed by atoms with E-state index in [-0.39, 0.29) is 0 Å². The normalized spacial score (nSPS) is 10.1. The van der Waals surface area contributed by atoms with E-state index in [0.717, 1.165) is 0 Å². The Morgan fingerprint density at radius 1 is 1.05 bits per heavy atom. The van der Waals surface area contributed by atoms with Crippen LogP contribution in [0.15, 0.2) is 48.5 Å². The Hall–Kier alpha value is -1.75. The molecule has 0 spiro atoms. The number of hydrogen-bond acceptors (Lipinski definition) is 2. The van der Waals surface area contributed by atoms with Gasteiger partial charge in [-0.1, -0.05) is 41.4 Å². The molecule has 0 aliphatic carbocycles. The topological polar surface area (TPSA) is 52.6 Å². The highest BCUT2D eigenvalue weighted by molar-refractivity contribution is 6.42. The van der Waals surface area contributed by atoms with Gasteiger partial charge in [0.2, 0.25) is 0 Å². The number of amides is 2. The van der Waals surface area contributed by atoms with Crippen LogP contribution in [-0.4, -0.2) is 11.2 Å². The summed E-state index contributed by atoms with van der Waals surface area (Å²) in [6.07, 6.45) is 0. The summed E-state index contributed by atoms with van der Waals surface area (Å²) >= 11 is 11.6. The smallest absolute Gasteiger partial charge is 0.306 e. The van der Waals surface area contributed by atoms with Crippen LogP contribution in [0, 0.1) is 0 Å². The number of para-hydroxylation sites is 1. The molecule has 2 amide bonds. The van der Waals surface area contributed by atoms with Crippen molar-refractivity contribution in [2.24, 2.45) is 0 Å². The highest BCUT2D eigenvalue weighted by Gasteiger charge is 2.13. The van der Waals surface area contributed by atoms with E-state index in [9.17, 15) is 10.0 Å². The third kappa shape index (κ3) is 3.38. The Balaban J connectivity index is 2.10. The number of carbonyl (C=O) groups is 1. The molecule has 6 heteroatoms. The van der Waals surface area contributed by atoms with E-state index < -0.39 is 6.03 Å². The van der Waals surface area contributed by atoms with Crippen molar-refractivity contribution in [1.29, 1.82) is 0 Å². The first kappa shape index (κ1) is 13.7. The molecule has 19 heavy (non-hydrogen) atoms. The Morgan fingerprint density at radius 2 is 1.74 bits per heavy atom. The number of benzene rings is 2. The number of nitrogens with zero attached hydrogens (tertiary/aromatic N) is 1. The third-order valence-corrected chi connectivity index (χ3v) is 3.10. The van der Waals surface area contributed by atoms with Gasteiger partial charge in [0, 0.05) is 5.69 Å². The minimum Gasteiger partial charge on any atom is -0.306 e. The van der Waals surface area contributed by atoms with Gasteiger partial charge in [0.05, 0.1) is 15.7 Å². The molecule has 0 aliphatic rings. The lowest BCUT2D eigenvalue weighted by molar-refractivity contribution is 0.216. The van der Waals surface area contributed by atoms with Gasteiger partial charge in [0.15, 0.2) is 0 Å². The molecule has 2 aromatic carbocycles. The monoisotopic (exact) mass is 296 g/mol. The van der Waals surface area contributed by atoms with Crippen molar-refractivity contribution in [2.75, 3.05) is 10.4 Å². The first-order chi connectivity index (χ1) is 9.08. The molecule has 0 saturated heterocycles. The van der Waals surface area contributed by atoms with Crippen molar-refractivity contribution in [3.8, 4) is 0 Å². The van der Waals surface area contributed by atoms with Crippen LogP contribution >= 0.6 is 23.2 Å². The molecule has 0 aliphatic heterocycles. The zero-order chi connectivity index (χ0) is 13.8. The average Bonchev–Trinajstić information content (AvgIpc) is 2.43. The molecule has 0 atom stereocenters. The van der Waals surface area contributed by atoms with Crippen LogP contribution in [0.5, 0.6) is 0 Å². The van der Waals surface area contributed by atoms with Crippen LogP contribution in [0.25, 0.3) is 0 Å². The van der Waals surface area contributed by atoms with E-state index in [2.05, 4.69) is 5.32 Å². The first-order valence-electron chi connectivity index (χ1n) is 5.38. The molecular weight excluding hydrogens is 287 g/mol. The Morgan fingerprint density at radius 3 is 2.37 bits per heavy atom. The molecule has 0 fully saturated rings. The van der Waals surface area contributed by atoms with Crippen molar-refractivity contribution in [3.63, 3.8) is 0 Å². The van der Waals surface area contributed by atoms with Gasteiger partial charge in [-0.3, -0.25) is 5.21 Å². The molecule has 0 radical (unpaired) electrons. The zero-order valence-electron chi connectivity index (χ0n) is 9.68. The standard InChI is InChI=1S/C13H10Cl2N2O2/c14-11-7-6-9(8-12(11)15)16-13(18)17(19)10-4-2-1-3-5-10/h1-8,19H,(H,16,18). The molecule has 2 aromatic rings. The number of urea groups is 1. The molecule has 4 nitrogen and oxygen atoms in total. The van der Waals surface area contributed by atoms with Gasteiger partial charge in [0.1, 0.15) is 0 Å². The number of rotatable bonds is 2. The molecule has 0 saturated carbocycles. The van der Waals surface area contributed by atoms with Crippen molar-refractivity contribution < 1.29 is 10.0 Å². The summed E-state index contributed by atoms with van der Waals surface area (Å²) in [5.41, 5.74) is 0.800. The van der Waals surface area contributed by atoms with Gasteiger partial charge in [0.25, 0.3) is 0 Å². The van der Waals surface area contributed by atoms with Crippen LogP contribution in [0.3, 0.4) is 0 Å². The fourth-order valence-electron chi connectivity index (χ4n) is 1.44. The van der Waals surface area contributed by atoms with Crippen LogP contribution in [0.2, 0.25) is 10.0 Å². The Bertz CT molecular complexity index is 590. The minimum atomic E-state index is -0.690. The van der Waals surface area contributed by atoms with E-state index >= 15 is 0 Å². The van der Waals surface area contributed by atoms with E-state index in [0.29, 0.717) is 26.5 Å². The summed E-state index contributed by atoms with van der Waals surface area (Å²) in [6.45, 7) is 0. The second-order valence-corrected chi connectivity index (χ2v) is 4.52. The molecule has 2 rings (SSSR count). The van der Waals surface area contributed by atoms with Gasteiger partial charge in [-0.15, -0.1) is 0 Å². The fraction of sp³-hybridized carbons (Fsp3) is 0. The summed E-state index contributed by atoms with van der Waals surface area (Å²) < 4.78 is 0. The maximum Gasteiger partial charge on any atom is 0.350 e. The van der Waals surface area contributed by atoms with Crippen LogP contribution in [0.4, 0.5) is 16.2 Å². The van der Waals surface area contributed by atoms with Crippen LogP contribution in [-0.2, 0) is 0 Å². The van der Waals surface area contributed by atoms with E-state index in [4.69, 9.17) is 23.2 Å². The SMILES string of the molecule is O=C(Nc1ccc(Cl)c(Cl)c1)N(O)c1ccccc1. The number of halogens is 2. The van der Waals surface area contributed by atoms with Crippen LogP contribution < -0.4 is 10.4 Å². The van der Waals surface area contributed by atoms with Crippen molar-refractivity contribution >= 4 is 40.6 Å². The lowest BCUT2D eigenvalue weighted by atomic mass is 10.3. The van der Waals surface area contributed by atoms with Crippen molar-refractivity contribution in [3.05, 3.63) is 58.6 Å². The number of hydrogen-bond donors (Lipinski definition) is 2. The quantitative estimate of drug-likeness (QED) is 0.636. The number of nitrogens with one attached hydrogen (secondary N) is 1. The van der Waals surface area contributed by atoms with Gasteiger partial charge in [-0.25, -0.2) is 4.79 Å². The lowest BCUT2D eigenvalue weighted by Gasteiger charge is -2.15. The summed E-state index contributed by atoms with van der Waals surface area (Å²) in [7, 11) is 0. The van der Waals surface area contributed by atoms with Crippen molar-refractivity contribution in [2.45, 2.75) is 0 Å². The first-order valence-corrected chi connectivity index (χ1v) is 6.13. The summed E-state index contributed by atoms with van der Waals surface area (Å²) in [5.74, 6) is 0. The van der Waals surface area contributed by atoms with Crippen LogP contribution in [0.1, 0.15) is 0 Å². The van der Waals surface area contributed by atoms with Gasteiger partial charge >= 0.3 is 6.03 Å². The molecule has 0 bridgehead atoms. The summed E-state index contributed by atoms with van der Waals surface area (Å²) in [6, 6.07) is 12.4. The number of anilines is 2. The molecule has 0 aromatic heterocycles. The highest BCUT2D eigenvalue weighted by atomic mass is 35.5. The Labute approximate surface area is 120 Å². The Kier molecular flexibility index (Phi) is 4.27. The van der Waals surface area contributed by atoms with E-state index in [1.807, 2.05) is 0 Å². The van der Waals surface area contributed by atoms with Gasteiger partial charge in [-0.2, -0.15) is 5.06 Å². The molecule has 98 valence electrons. The summed E-state index contributed by atoms with van der Waals surface area (Å²) in [4.78, 5) is 11.8. The molecule has 0 unspecified atom stereocenters. The predicted octanol–water partition coefficient (Wildman–Crippen LogP) is 4.42. The zero-order valence-corrected chi connectivity index (χ0v) is 11.2. The maximum atomic E-state index is 11.8. The van der Waals surface area contributed by atoms with Gasteiger partial charge < -0.3 is 5.32 Å². The third-order valence-electron chi connectivity index (χ3n) is 2.36. The van der Waals surface area contributed by atoms with Crippen molar-refractivity contribution in [1.82, 2.24) is 0 Å². The molecule has 2 N–H and O–H groups in total. The second-order valence-electron chi connectivity index (χ2n) is 3.71.